The van der Waals surface area contributed by atoms with Gasteiger partial charge in [0.25, 0.3) is 0 Å². The van der Waals surface area contributed by atoms with E-state index >= 15 is 0 Å². The van der Waals surface area contributed by atoms with Crippen molar-refractivity contribution < 1.29 is 17.9 Å². The first kappa shape index (κ1) is 23.3. The van der Waals surface area contributed by atoms with Crippen molar-refractivity contribution in [3.05, 3.63) is 23.8 Å². The molecule has 1 aliphatic carbocycles. The van der Waals surface area contributed by atoms with E-state index in [1.807, 2.05) is 18.2 Å². The third-order valence-electron chi connectivity index (χ3n) is 5.14. The zero-order chi connectivity index (χ0) is 21.5. The van der Waals surface area contributed by atoms with Gasteiger partial charge in [-0.25, -0.2) is 8.42 Å². The van der Waals surface area contributed by atoms with Crippen LogP contribution in [0.5, 0.6) is 11.5 Å². The molecule has 1 aromatic rings. The van der Waals surface area contributed by atoms with Gasteiger partial charge in [-0.05, 0) is 58.6 Å². The molecule has 0 unspecified atom stereocenters. The van der Waals surface area contributed by atoms with E-state index in [1.54, 1.807) is 34.9 Å². The lowest BCUT2D eigenvalue weighted by atomic mass is 10.2. The minimum absolute atomic E-state index is 0.0514. The van der Waals surface area contributed by atoms with Crippen LogP contribution in [-0.4, -0.2) is 51.7 Å². The van der Waals surface area contributed by atoms with E-state index in [-0.39, 0.29) is 11.9 Å². The Morgan fingerprint density at radius 1 is 1.21 bits per heavy atom. The highest BCUT2D eigenvalue weighted by Gasteiger charge is 2.28. The monoisotopic (exact) mass is 425 g/mol. The van der Waals surface area contributed by atoms with Gasteiger partial charge in [0.05, 0.1) is 23.7 Å². The molecule has 0 bridgehead atoms. The number of benzene rings is 1. The van der Waals surface area contributed by atoms with Crippen LogP contribution in [-0.2, 0) is 16.4 Å². The Morgan fingerprint density at radius 3 is 2.48 bits per heavy atom. The summed E-state index contributed by atoms with van der Waals surface area (Å²) in [6, 6.07) is 5.81. The fraction of sp³-hybridized carbons (Fsp3) is 0.667. The fourth-order valence-electron chi connectivity index (χ4n) is 3.11. The Morgan fingerprint density at radius 2 is 1.90 bits per heavy atom. The molecule has 1 aromatic carbocycles. The van der Waals surface area contributed by atoms with Crippen LogP contribution in [0.2, 0.25) is 0 Å². The number of hydrogen-bond acceptors (Lipinski definition) is 5. The number of guanidine groups is 1. The molecule has 0 aromatic heterocycles. The Bertz CT molecular complexity index is 795. The van der Waals surface area contributed by atoms with E-state index in [1.165, 1.54) is 12.8 Å². The molecule has 2 rings (SSSR count). The van der Waals surface area contributed by atoms with Crippen molar-refractivity contribution >= 4 is 15.8 Å². The second kappa shape index (κ2) is 10.2. The quantitative estimate of drug-likeness (QED) is 0.492. The van der Waals surface area contributed by atoms with Crippen LogP contribution in [0.25, 0.3) is 0 Å². The molecule has 0 heterocycles. The zero-order valence-electron chi connectivity index (χ0n) is 18.2. The average molecular weight is 426 g/mol. The summed E-state index contributed by atoms with van der Waals surface area (Å²) >= 11 is 0. The van der Waals surface area contributed by atoms with Crippen molar-refractivity contribution in [1.29, 1.82) is 0 Å². The second-order valence-corrected chi connectivity index (χ2v) is 11.1. The van der Waals surface area contributed by atoms with Crippen LogP contribution in [0.1, 0.15) is 52.0 Å². The first-order chi connectivity index (χ1) is 13.7. The zero-order valence-corrected chi connectivity index (χ0v) is 19.1. The van der Waals surface area contributed by atoms with Gasteiger partial charge in [0.15, 0.2) is 15.8 Å². The topological polar surface area (TPSA) is 89.0 Å². The number of hydrogen-bond donors (Lipinski definition) is 2. The van der Waals surface area contributed by atoms with Gasteiger partial charge in [0, 0.05) is 31.8 Å². The highest BCUT2D eigenvalue weighted by Crippen LogP contribution is 2.30. The van der Waals surface area contributed by atoms with Crippen molar-refractivity contribution in [3.63, 3.8) is 0 Å². The summed E-state index contributed by atoms with van der Waals surface area (Å²) in [6.07, 6.45) is 4.82. The van der Waals surface area contributed by atoms with Gasteiger partial charge >= 0.3 is 0 Å². The molecule has 2 N–H and O–H groups in total. The Labute approximate surface area is 175 Å². The van der Waals surface area contributed by atoms with Crippen LogP contribution < -0.4 is 20.1 Å². The highest BCUT2D eigenvalue weighted by molar-refractivity contribution is 7.92. The molecule has 8 heteroatoms. The van der Waals surface area contributed by atoms with Crippen molar-refractivity contribution in [3.8, 4) is 11.5 Å². The average Bonchev–Trinajstić information content (AvgIpc) is 3.17. The molecule has 0 saturated heterocycles. The van der Waals surface area contributed by atoms with Crippen molar-refractivity contribution in [2.45, 2.75) is 63.9 Å². The first-order valence-electron chi connectivity index (χ1n) is 10.2. The normalized spacial score (nSPS) is 16.0. The molecule has 0 atom stereocenters. The number of nitrogens with one attached hydrogen (secondary N) is 2. The lowest BCUT2D eigenvalue weighted by Crippen LogP contribution is -2.41. The SMILES string of the molecule is CN=C(NCCS(=O)(=O)C(C)(C)C)NCc1ccc(OC)cc1OC1CCCC1. The predicted octanol–water partition coefficient (Wildman–Crippen LogP) is 2.89. The summed E-state index contributed by atoms with van der Waals surface area (Å²) in [7, 11) is 0.131. The van der Waals surface area contributed by atoms with Gasteiger partial charge in [0.1, 0.15) is 11.5 Å². The molecule has 0 amide bonds. The molecule has 164 valence electrons. The first-order valence-corrected chi connectivity index (χ1v) is 11.8. The van der Waals surface area contributed by atoms with Crippen LogP contribution in [0, 0.1) is 0 Å². The Balaban J connectivity index is 1.96. The molecular formula is C21H35N3O4S. The molecule has 0 spiro atoms. The summed E-state index contributed by atoms with van der Waals surface area (Å²) in [4.78, 5) is 4.19. The standard InChI is InChI=1S/C21H35N3O4S/c1-21(2,3)29(25,26)13-12-23-20(22-4)24-15-16-10-11-18(27-5)14-19(16)28-17-8-6-7-9-17/h10-11,14,17H,6-9,12-13,15H2,1-5H3,(H2,22,23,24). The van der Waals surface area contributed by atoms with E-state index in [0.29, 0.717) is 19.0 Å². The third-order valence-corrected chi connectivity index (χ3v) is 7.74. The summed E-state index contributed by atoms with van der Waals surface area (Å²) in [6.45, 7) is 5.95. The minimum Gasteiger partial charge on any atom is -0.497 e. The number of ether oxygens (including phenoxy) is 2. The second-order valence-electron chi connectivity index (χ2n) is 8.28. The predicted molar refractivity (Wildman–Crippen MR) is 118 cm³/mol. The number of rotatable bonds is 8. The summed E-state index contributed by atoms with van der Waals surface area (Å²) in [5, 5.41) is 6.31. The molecule has 29 heavy (non-hydrogen) atoms. The highest BCUT2D eigenvalue weighted by atomic mass is 32.2. The fourth-order valence-corrected chi connectivity index (χ4v) is 4.10. The van der Waals surface area contributed by atoms with Gasteiger partial charge in [-0.15, -0.1) is 0 Å². The smallest absolute Gasteiger partial charge is 0.191 e. The van der Waals surface area contributed by atoms with E-state index < -0.39 is 14.6 Å². The number of aliphatic imine (C=N–C) groups is 1. The van der Waals surface area contributed by atoms with Crippen molar-refractivity contribution in [2.24, 2.45) is 4.99 Å². The van der Waals surface area contributed by atoms with Crippen LogP contribution in [0.15, 0.2) is 23.2 Å². The van der Waals surface area contributed by atoms with Crippen molar-refractivity contribution in [1.82, 2.24) is 10.6 Å². The lowest BCUT2D eigenvalue weighted by molar-refractivity contribution is 0.207. The molecule has 7 nitrogen and oxygen atoms in total. The molecule has 0 aliphatic heterocycles. The third kappa shape index (κ3) is 6.80. The number of sulfone groups is 1. The van der Waals surface area contributed by atoms with E-state index in [0.717, 1.165) is 29.9 Å². The molecule has 1 fully saturated rings. The maximum Gasteiger partial charge on any atom is 0.191 e. The minimum atomic E-state index is -3.18. The molecule has 0 radical (unpaired) electrons. The van der Waals surface area contributed by atoms with Gasteiger partial charge in [-0.2, -0.15) is 0 Å². The van der Waals surface area contributed by atoms with Crippen molar-refractivity contribution in [2.75, 3.05) is 26.5 Å². The maximum absolute atomic E-state index is 12.2. The van der Waals surface area contributed by atoms with E-state index in [2.05, 4.69) is 15.6 Å². The largest absolute Gasteiger partial charge is 0.497 e. The van der Waals surface area contributed by atoms with Gasteiger partial charge in [-0.3, -0.25) is 4.99 Å². The number of methoxy groups -OCH3 is 1. The Hall–Kier alpha value is -1.96. The summed E-state index contributed by atoms with van der Waals surface area (Å²) < 4.78 is 35.3. The number of nitrogens with zero attached hydrogens (tertiary/aromatic N) is 1. The van der Waals surface area contributed by atoms with Crippen LogP contribution >= 0.6 is 0 Å². The summed E-state index contributed by atoms with van der Waals surface area (Å²) in [5.74, 6) is 2.18. The lowest BCUT2D eigenvalue weighted by Gasteiger charge is -2.20. The van der Waals surface area contributed by atoms with Crippen LogP contribution in [0.3, 0.4) is 0 Å². The van der Waals surface area contributed by atoms with E-state index in [9.17, 15) is 8.42 Å². The van der Waals surface area contributed by atoms with Crippen LogP contribution in [0.4, 0.5) is 0 Å². The summed E-state index contributed by atoms with van der Waals surface area (Å²) in [5.41, 5.74) is 1.00. The molecular weight excluding hydrogens is 390 g/mol. The van der Waals surface area contributed by atoms with E-state index in [4.69, 9.17) is 9.47 Å². The van der Waals surface area contributed by atoms with Gasteiger partial charge in [0.2, 0.25) is 0 Å². The molecule has 1 saturated carbocycles. The maximum atomic E-state index is 12.2. The van der Waals surface area contributed by atoms with Gasteiger partial charge < -0.3 is 20.1 Å². The Kier molecular flexibility index (Phi) is 8.19. The molecule has 1 aliphatic rings. The van der Waals surface area contributed by atoms with Gasteiger partial charge in [-0.1, -0.05) is 0 Å².